The third kappa shape index (κ3) is 3.01. The molecule has 2 aliphatic rings. The van der Waals surface area contributed by atoms with Crippen molar-refractivity contribution in [3.05, 3.63) is 0 Å². The average molecular weight is 269 g/mol. The lowest BCUT2D eigenvalue weighted by Crippen LogP contribution is -2.46. The van der Waals surface area contributed by atoms with Crippen molar-refractivity contribution in [1.29, 1.82) is 0 Å². The molecule has 108 valence electrons. The quantitative estimate of drug-likeness (QED) is 0.854. The molecule has 0 aromatic carbocycles. The molecule has 0 radical (unpaired) electrons. The van der Waals surface area contributed by atoms with Crippen molar-refractivity contribution in [3.63, 3.8) is 0 Å². The summed E-state index contributed by atoms with van der Waals surface area (Å²) in [4.78, 5) is 25.0. The number of aliphatic carboxylic acids is 1. The van der Waals surface area contributed by atoms with Gasteiger partial charge in [-0.3, -0.25) is 4.90 Å². The summed E-state index contributed by atoms with van der Waals surface area (Å²) in [6.07, 6.45) is 4.28. The summed E-state index contributed by atoms with van der Waals surface area (Å²) in [7, 11) is 0. The van der Waals surface area contributed by atoms with Gasteiger partial charge in [0, 0.05) is 6.04 Å². The van der Waals surface area contributed by atoms with Crippen LogP contribution in [0.15, 0.2) is 0 Å². The van der Waals surface area contributed by atoms with Gasteiger partial charge >= 0.3 is 12.1 Å². The highest BCUT2D eigenvalue weighted by atomic mass is 16.6. The Morgan fingerprint density at radius 2 is 2.00 bits per heavy atom. The number of carbonyl (C=O) groups is 2. The van der Waals surface area contributed by atoms with Crippen LogP contribution in [0.1, 0.15) is 46.0 Å². The number of hydrogen-bond donors (Lipinski definition) is 1. The highest BCUT2D eigenvalue weighted by Crippen LogP contribution is 2.40. The van der Waals surface area contributed by atoms with Gasteiger partial charge in [-0.15, -0.1) is 0 Å². The van der Waals surface area contributed by atoms with Crippen LogP contribution in [0.25, 0.3) is 0 Å². The molecule has 5 nitrogen and oxygen atoms in total. The van der Waals surface area contributed by atoms with E-state index in [0.717, 1.165) is 25.7 Å². The molecule has 1 saturated carbocycles. The van der Waals surface area contributed by atoms with E-state index in [-0.39, 0.29) is 12.0 Å². The van der Waals surface area contributed by atoms with Gasteiger partial charge in [0.05, 0.1) is 6.61 Å². The summed E-state index contributed by atoms with van der Waals surface area (Å²) >= 11 is 0. The molecule has 3 atom stereocenters. The Labute approximate surface area is 113 Å². The second-order valence-electron chi connectivity index (χ2n) is 6.08. The second-order valence-corrected chi connectivity index (χ2v) is 6.08. The van der Waals surface area contributed by atoms with Crippen LogP contribution in [0.2, 0.25) is 0 Å². The standard InChI is InChI=1S/C14H23NO4/c1-9(2)8-19-14(18)15-11-6-4-3-5-10(11)7-12(15)13(16)17/h9-12H,3-8H2,1-2H3,(H,16,17). The molecule has 2 rings (SSSR count). The van der Waals surface area contributed by atoms with Crippen molar-refractivity contribution in [2.45, 2.75) is 58.0 Å². The lowest BCUT2D eigenvalue weighted by molar-refractivity contribution is -0.142. The van der Waals surface area contributed by atoms with Crippen LogP contribution in [-0.2, 0) is 9.53 Å². The normalized spacial score (nSPS) is 30.3. The molecule has 0 spiro atoms. The summed E-state index contributed by atoms with van der Waals surface area (Å²) in [5.74, 6) is -0.311. The van der Waals surface area contributed by atoms with E-state index in [9.17, 15) is 14.7 Å². The number of likely N-dealkylation sites (tertiary alicyclic amines) is 1. The molecule has 1 aliphatic heterocycles. The summed E-state index contributed by atoms with van der Waals surface area (Å²) in [5.41, 5.74) is 0. The molecule has 0 aromatic heterocycles. The van der Waals surface area contributed by atoms with Crippen molar-refractivity contribution >= 4 is 12.1 Å². The molecule has 0 aromatic rings. The van der Waals surface area contributed by atoms with Crippen LogP contribution < -0.4 is 0 Å². The molecule has 1 amide bonds. The Hall–Kier alpha value is -1.26. The van der Waals surface area contributed by atoms with E-state index in [0.29, 0.717) is 18.9 Å². The SMILES string of the molecule is CC(C)COC(=O)N1C(C(=O)O)CC2CCCCC21. The first-order valence-electron chi connectivity index (χ1n) is 7.18. The van der Waals surface area contributed by atoms with E-state index >= 15 is 0 Å². The lowest BCUT2D eigenvalue weighted by atomic mass is 9.85. The van der Waals surface area contributed by atoms with Crippen LogP contribution in [0.3, 0.4) is 0 Å². The minimum Gasteiger partial charge on any atom is -0.480 e. The number of rotatable bonds is 3. The Kier molecular flexibility index (Phi) is 4.32. The maximum absolute atomic E-state index is 12.2. The zero-order valence-electron chi connectivity index (χ0n) is 11.7. The fraction of sp³-hybridized carbons (Fsp3) is 0.857. The molecule has 19 heavy (non-hydrogen) atoms. The molecule has 0 bridgehead atoms. The highest BCUT2D eigenvalue weighted by Gasteiger charge is 2.48. The van der Waals surface area contributed by atoms with Gasteiger partial charge in [-0.05, 0) is 31.1 Å². The molecule has 1 aliphatic carbocycles. The number of carboxylic acid groups (broad SMARTS) is 1. The van der Waals surface area contributed by atoms with E-state index in [1.807, 2.05) is 13.8 Å². The monoisotopic (exact) mass is 269 g/mol. The minimum absolute atomic E-state index is 0.0644. The van der Waals surface area contributed by atoms with E-state index < -0.39 is 18.1 Å². The predicted octanol–water partition coefficient (Wildman–Crippen LogP) is 2.50. The topological polar surface area (TPSA) is 66.8 Å². The van der Waals surface area contributed by atoms with Gasteiger partial charge in [-0.2, -0.15) is 0 Å². The highest BCUT2D eigenvalue weighted by molar-refractivity contribution is 5.81. The number of carboxylic acids is 1. The number of fused-ring (bicyclic) bond motifs is 1. The molecule has 3 unspecified atom stereocenters. The average Bonchev–Trinajstić information content (AvgIpc) is 2.75. The molecule has 5 heteroatoms. The van der Waals surface area contributed by atoms with Crippen molar-refractivity contribution < 1.29 is 19.4 Å². The van der Waals surface area contributed by atoms with Gasteiger partial charge in [0.1, 0.15) is 6.04 Å². The number of nitrogens with zero attached hydrogens (tertiary/aromatic N) is 1. The Balaban J connectivity index is 2.08. The summed E-state index contributed by atoms with van der Waals surface area (Å²) < 4.78 is 5.24. The summed E-state index contributed by atoms with van der Waals surface area (Å²) in [6, 6.07) is -0.637. The summed E-state index contributed by atoms with van der Waals surface area (Å²) in [6.45, 7) is 4.28. The van der Waals surface area contributed by atoms with Gasteiger partial charge in [0.15, 0.2) is 0 Å². The fourth-order valence-corrected chi connectivity index (χ4v) is 3.26. The third-order valence-corrected chi connectivity index (χ3v) is 4.12. The van der Waals surface area contributed by atoms with E-state index in [2.05, 4.69) is 0 Å². The third-order valence-electron chi connectivity index (χ3n) is 4.12. The number of carbonyl (C=O) groups excluding carboxylic acids is 1. The smallest absolute Gasteiger partial charge is 0.410 e. The first kappa shape index (κ1) is 14.2. The molecular weight excluding hydrogens is 246 g/mol. The van der Waals surface area contributed by atoms with E-state index in [4.69, 9.17) is 4.74 Å². The molecule has 1 N–H and O–H groups in total. The summed E-state index contributed by atoms with van der Waals surface area (Å²) in [5, 5.41) is 9.31. The number of hydrogen-bond acceptors (Lipinski definition) is 3. The van der Waals surface area contributed by atoms with Gasteiger partial charge < -0.3 is 9.84 Å². The molecular formula is C14H23NO4. The van der Waals surface area contributed by atoms with Crippen molar-refractivity contribution in [2.24, 2.45) is 11.8 Å². The van der Waals surface area contributed by atoms with Crippen molar-refractivity contribution in [1.82, 2.24) is 4.90 Å². The van der Waals surface area contributed by atoms with E-state index in [1.54, 1.807) is 0 Å². The van der Waals surface area contributed by atoms with Crippen LogP contribution >= 0.6 is 0 Å². The Bertz CT molecular complexity index is 355. The Morgan fingerprint density at radius 1 is 1.32 bits per heavy atom. The van der Waals surface area contributed by atoms with Crippen LogP contribution in [-0.4, -0.2) is 40.8 Å². The van der Waals surface area contributed by atoms with Gasteiger partial charge in [-0.1, -0.05) is 26.7 Å². The van der Waals surface area contributed by atoms with E-state index in [1.165, 1.54) is 4.90 Å². The molecule has 1 saturated heterocycles. The maximum Gasteiger partial charge on any atom is 0.410 e. The first-order valence-corrected chi connectivity index (χ1v) is 7.18. The molecule has 1 heterocycles. The number of ether oxygens (including phenoxy) is 1. The largest absolute Gasteiger partial charge is 0.480 e. The second kappa shape index (κ2) is 5.80. The van der Waals surface area contributed by atoms with Crippen LogP contribution in [0.5, 0.6) is 0 Å². The van der Waals surface area contributed by atoms with Crippen molar-refractivity contribution in [3.8, 4) is 0 Å². The predicted molar refractivity (Wildman–Crippen MR) is 69.8 cm³/mol. The van der Waals surface area contributed by atoms with Gasteiger partial charge in [0.25, 0.3) is 0 Å². The minimum atomic E-state index is -0.907. The van der Waals surface area contributed by atoms with Gasteiger partial charge in [-0.25, -0.2) is 9.59 Å². The van der Waals surface area contributed by atoms with Crippen LogP contribution in [0.4, 0.5) is 4.79 Å². The maximum atomic E-state index is 12.2. The number of amides is 1. The van der Waals surface area contributed by atoms with Gasteiger partial charge in [0.2, 0.25) is 0 Å². The lowest BCUT2D eigenvalue weighted by Gasteiger charge is -2.32. The van der Waals surface area contributed by atoms with Crippen LogP contribution in [0, 0.1) is 11.8 Å². The molecule has 2 fully saturated rings. The zero-order chi connectivity index (χ0) is 14.0. The first-order chi connectivity index (χ1) is 9.00. The van der Waals surface area contributed by atoms with Crippen molar-refractivity contribution in [2.75, 3.05) is 6.61 Å². The Morgan fingerprint density at radius 3 is 2.63 bits per heavy atom. The zero-order valence-corrected chi connectivity index (χ0v) is 11.7. The fourth-order valence-electron chi connectivity index (χ4n) is 3.26.